The van der Waals surface area contributed by atoms with Crippen LogP contribution >= 0.6 is 0 Å². The van der Waals surface area contributed by atoms with Gasteiger partial charge in [-0.25, -0.2) is 4.98 Å². The Balaban J connectivity index is 1.48. The molecule has 0 unspecified atom stereocenters. The second kappa shape index (κ2) is 6.83. The summed E-state index contributed by atoms with van der Waals surface area (Å²) in [6.45, 7) is 2.95. The molecule has 4 rings (SSSR count). The highest BCUT2D eigenvalue weighted by molar-refractivity contribution is 5.95. The molecular formula is C20H20N4O3. The molecule has 1 fully saturated rings. The van der Waals surface area contributed by atoms with Gasteiger partial charge in [0.15, 0.2) is 0 Å². The number of rotatable bonds is 3. The number of nitro groups is 1. The van der Waals surface area contributed by atoms with Gasteiger partial charge in [-0.2, -0.15) is 0 Å². The van der Waals surface area contributed by atoms with E-state index < -0.39 is 4.92 Å². The van der Waals surface area contributed by atoms with Crippen molar-refractivity contribution < 1.29 is 9.72 Å². The van der Waals surface area contributed by atoms with Gasteiger partial charge in [0, 0.05) is 48.1 Å². The Morgan fingerprint density at radius 1 is 1.30 bits per heavy atom. The number of carbonyl (C=O) groups excluding carboxylic acids is 1. The summed E-state index contributed by atoms with van der Waals surface area (Å²) in [6, 6.07) is 8.69. The summed E-state index contributed by atoms with van der Waals surface area (Å²) in [6.07, 6.45) is 5.51. The van der Waals surface area contributed by atoms with Gasteiger partial charge in [-0.15, -0.1) is 0 Å². The van der Waals surface area contributed by atoms with Crippen LogP contribution in [-0.4, -0.2) is 38.8 Å². The average molecular weight is 364 g/mol. The molecule has 1 amide bonds. The Kier molecular flexibility index (Phi) is 4.35. The van der Waals surface area contributed by atoms with Crippen LogP contribution in [-0.2, 0) is 0 Å². The van der Waals surface area contributed by atoms with E-state index >= 15 is 0 Å². The highest BCUT2D eigenvalue weighted by Crippen LogP contribution is 2.33. The number of amides is 1. The average Bonchev–Trinajstić information content (AvgIpc) is 3.12. The zero-order chi connectivity index (χ0) is 19.0. The van der Waals surface area contributed by atoms with Crippen molar-refractivity contribution in [2.45, 2.75) is 25.7 Å². The summed E-state index contributed by atoms with van der Waals surface area (Å²) in [5, 5.41) is 12.3. The standard InChI is InChI=1S/C20H20N4O3/c1-13-4-5-15(11-18(13)24(26)27)20(25)23-9-6-14(7-10-23)17-12-22-19-16(17)3-2-8-21-19/h2-5,8,11-12,14H,6-7,9-10H2,1H3,(H,21,22). The number of piperidine rings is 1. The van der Waals surface area contributed by atoms with E-state index in [0.29, 0.717) is 30.1 Å². The number of aryl methyl sites for hydroxylation is 1. The van der Waals surface area contributed by atoms with Crippen LogP contribution < -0.4 is 0 Å². The lowest BCUT2D eigenvalue weighted by Crippen LogP contribution is -2.37. The number of aromatic nitrogens is 2. The third-order valence-corrected chi connectivity index (χ3v) is 5.36. The monoisotopic (exact) mass is 364 g/mol. The van der Waals surface area contributed by atoms with Crippen LogP contribution in [0.25, 0.3) is 11.0 Å². The van der Waals surface area contributed by atoms with Crippen LogP contribution in [0.15, 0.2) is 42.7 Å². The highest BCUT2D eigenvalue weighted by atomic mass is 16.6. The number of aromatic amines is 1. The first-order valence-corrected chi connectivity index (χ1v) is 9.01. The van der Waals surface area contributed by atoms with Gasteiger partial charge in [-0.3, -0.25) is 14.9 Å². The van der Waals surface area contributed by atoms with Gasteiger partial charge >= 0.3 is 0 Å². The number of fused-ring (bicyclic) bond motifs is 1. The van der Waals surface area contributed by atoms with E-state index in [1.165, 1.54) is 11.6 Å². The lowest BCUT2D eigenvalue weighted by Gasteiger charge is -2.32. The summed E-state index contributed by atoms with van der Waals surface area (Å²) in [4.78, 5) is 32.8. The first-order chi connectivity index (χ1) is 13.0. The van der Waals surface area contributed by atoms with E-state index in [4.69, 9.17) is 0 Å². The van der Waals surface area contributed by atoms with Crippen LogP contribution in [0.4, 0.5) is 5.69 Å². The van der Waals surface area contributed by atoms with Crippen molar-refractivity contribution >= 4 is 22.6 Å². The van der Waals surface area contributed by atoms with Crippen LogP contribution in [0, 0.1) is 17.0 Å². The lowest BCUT2D eigenvalue weighted by molar-refractivity contribution is -0.385. The summed E-state index contributed by atoms with van der Waals surface area (Å²) in [5.41, 5.74) is 3.06. The molecule has 7 nitrogen and oxygen atoms in total. The molecule has 1 aliphatic rings. The molecule has 1 saturated heterocycles. The molecule has 0 atom stereocenters. The number of carbonyl (C=O) groups is 1. The number of nitrogens with zero attached hydrogens (tertiary/aromatic N) is 3. The molecule has 0 saturated carbocycles. The normalized spacial score (nSPS) is 15.2. The van der Waals surface area contributed by atoms with Crippen molar-refractivity contribution in [2.75, 3.05) is 13.1 Å². The minimum Gasteiger partial charge on any atom is -0.346 e. The Morgan fingerprint density at radius 3 is 2.81 bits per heavy atom. The maximum absolute atomic E-state index is 12.8. The van der Waals surface area contributed by atoms with Crippen LogP contribution in [0.5, 0.6) is 0 Å². The first-order valence-electron chi connectivity index (χ1n) is 9.01. The zero-order valence-corrected chi connectivity index (χ0v) is 15.0. The molecule has 2 aromatic heterocycles. The molecule has 3 heterocycles. The second-order valence-electron chi connectivity index (χ2n) is 6.97. The lowest BCUT2D eigenvalue weighted by atomic mass is 9.89. The fourth-order valence-corrected chi connectivity index (χ4v) is 3.83. The van der Waals surface area contributed by atoms with E-state index in [-0.39, 0.29) is 11.6 Å². The van der Waals surface area contributed by atoms with E-state index in [0.717, 1.165) is 23.9 Å². The molecule has 138 valence electrons. The van der Waals surface area contributed by atoms with E-state index in [9.17, 15) is 14.9 Å². The van der Waals surface area contributed by atoms with Gasteiger partial charge in [0.2, 0.25) is 0 Å². The van der Waals surface area contributed by atoms with Gasteiger partial charge in [0.1, 0.15) is 5.65 Å². The van der Waals surface area contributed by atoms with E-state index in [1.807, 2.05) is 12.3 Å². The van der Waals surface area contributed by atoms with Crippen molar-refractivity contribution in [1.82, 2.24) is 14.9 Å². The number of benzene rings is 1. The van der Waals surface area contributed by atoms with Crippen LogP contribution in [0.3, 0.4) is 0 Å². The van der Waals surface area contributed by atoms with E-state index in [1.54, 1.807) is 30.2 Å². The van der Waals surface area contributed by atoms with Crippen molar-refractivity contribution in [2.24, 2.45) is 0 Å². The predicted octanol–water partition coefficient (Wildman–Crippen LogP) is 3.80. The molecule has 0 radical (unpaired) electrons. The molecule has 0 bridgehead atoms. The summed E-state index contributed by atoms with van der Waals surface area (Å²) < 4.78 is 0. The van der Waals surface area contributed by atoms with Crippen LogP contribution in [0.2, 0.25) is 0 Å². The molecule has 1 N–H and O–H groups in total. The summed E-state index contributed by atoms with van der Waals surface area (Å²) >= 11 is 0. The maximum atomic E-state index is 12.8. The topological polar surface area (TPSA) is 92.1 Å². The SMILES string of the molecule is Cc1ccc(C(=O)N2CCC(c3c[nH]c4ncccc34)CC2)cc1[N+](=O)[O-]. The zero-order valence-electron chi connectivity index (χ0n) is 15.0. The third kappa shape index (κ3) is 3.16. The van der Waals surface area contributed by atoms with Crippen molar-refractivity contribution in [3.05, 3.63) is 69.5 Å². The molecule has 1 aromatic carbocycles. The number of pyridine rings is 1. The van der Waals surface area contributed by atoms with Gasteiger partial charge < -0.3 is 9.88 Å². The molecule has 27 heavy (non-hydrogen) atoms. The van der Waals surface area contributed by atoms with Gasteiger partial charge in [0.25, 0.3) is 11.6 Å². The second-order valence-corrected chi connectivity index (χ2v) is 6.97. The van der Waals surface area contributed by atoms with Crippen molar-refractivity contribution in [3.8, 4) is 0 Å². The Labute approximate surface area is 156 Å². The fourth-order valence-electron chi connectivity index (χ4n) is 3.83. The Morgan fingerprint density at radius 2 is 2.07 bits per heavy atom. The minimum absolute atomic E-state index is 0.0120. The Hall–Kier alpha value is -3.22. The fraction of sp³-hybridized carbons (Fsp3) is 0.300. The first kappa shape index (κ1) is 17.2. The molecular weight excluding hydrogens is 344 g/mol. The Bertz CT molecular complexity index is 1020. The van der Waals surface area contributed by atoms with Gasteiger partial charge in [-0.1, -0.05) is 6.07 Å². The molecule has 0 aliphatic carbocycles. The highest BCUT2D eigenvalue weighted by Gasteiger charge is 2.27. The maximum Gasteiger partial charge on any atom is 0.273 e. The number of hydrogen-bond acceptors (Lipinski definition) is 4. The van der Waals surface area contributed by atoms with Gasteiger partial charge in [0.05, 0.1) is 4.92 Å². The number of hydrogen-bond donors (Lipinski definition) is 1. The van der Waals surface area contributed by atoms with Crippen molar-refractivity contribution in [1.29, 1.82) is 0 Å². The number of nitrogens with one attached hydrogen (secondary N) is 1. The predicted molar refractivity (Wildman–Crippen MR) is 102 cm³/mol. The van der Waals surface area contributed by atoms with Gasteiger partial charge in [-0.05, 0) is 49.4 Å². The summed E-state index contributed by atoms with van der Waals surface area (Å²) in [5.74, 6) is 0.233. The number of nitro benzene ring substituents is 1. The third-order valence-electron chi connectivity index (χ3n) is 5.36. The quantitative estimate of drug-likeness (QED) is 0.565. The van der Waals surface area contributed by atoms with Crippen LogP contribution in [0.1, 0.15) is 40.2 Å². The molecule has 7 heteroatoms. The number of H-pyrrole nitrogens is 1. The molecule has 1 aliphatic heterocycles. The molecule has 3 aromatic rings. The molecule has 0 spiro atoms. The van der Waals surface area contributed by atoms with Crippen molar-refractivity contribution in [3.63, 3.8) is 0 Å². The summed E-state index contributed by atoms with van der Waals surface area (Å²) in [7, 11) is 0. The largest absolute Gasteiger partial charge is 0.346 e. The minimum atomic E-state index is -0.441. The smallest absolute Gasteiger partial charge is 0.273 e. The number of likely N-dealkylation sites (tertiary alicyclic amines) is 1. The van der Waals surface area contributed by atoms with E-state index in [2.05, 4.69) is 16.0 Å².